The fraction of sp³-hybridized carbons (Fsp3) is 0.533. The Bertz CT molecular complexity index is 662. The number of nitrogens with zero attached hydrogens (tertiary/aromatic N) is 4. The SMILES string of the molecule is COCCOCC=CCn1ncc2nc(Cl)nc(OCCOC)c21. The number of hydrogen-bond donors (Lipinski definition) is 0. The van der Waals surface area contributed by atoms with E-state index in [0.717, 1.165) is 0 Å². The zero-order valence-corrected chi connectivity index (χ0v) is 14.5. The Kier molecular flexibility index (Phi) is 7.90. The van der Waals surface area contributed by atoms with E-state index in [4.69, 9.17) is 30.5 Å². The first-order valence-corrected chi connectivity index (χ1v) is 7.86. The third kappa shape index (κ3) is 5.41. The molecule has 0 spiro atoms. The molecule has 132 valence electrons. The Morgan fingerprint density at radius 2 is 1.88 bits per heavy atom. The van der Waals surface area contributed by atoms with Gasteiger partial charge in [0.05, 0.1) is 39.2 Å². The van der Waals surface area contributed by atoms with Gasteiger partial charge in [-0.2, -0.15) is 10.1 Å². The highest BCUT2D eigenvalue weighted by atomic mass is 35.5. The van der Waals surface area contributed by atoms with E-state index < -0.39 is 0 Å². The van der Waals surface area contributed by atoms with Gasteiger partial charge in [0, 0.05) is 14.2 Å². The number of methoxy groups -OCH3 is 2. The second kappa shape index (κ2) is 10.2. The molecule has 0 amide bonds. The first-order chi connectivity index (χ1) is 11.8. The molecule has 2 heterocycles. The highest BCUT2D eigenvalue weighted by molar-refractivity contribution is 6.28. The van der Waals surface area contributed by atoms with Crippen molar-refractivity contribution in [3.05, 3.63) is 23.6 Å². The van der Waals surface area contributed by atoms with E-state index in [9.17, 15) is 0 Å². The molecule has 2 aromatic rings. The Morgan fingerprint density at radius 1 is 1.08 bits per heavy atom. The van der Waals surface area contributed by atoms with Gasteiger partial charge in [-0.1, -0.05) is 12.2 Å². The summed E-state index contributed by atoms with van der Waals surface area (Å²) < 4.78 is 22.6. The minimum absolute atomic E-state index is 0.122. The van der Waals surface area contributed by atoms with Gasteiger partial charge in [-0.15, -0.1) is 0 Å². The molecule has 0 unspecified atom stereocenters. The average molecular weight is 357 g/mol. The van der Waals surface area contributed by atoms with Gasteiger partial charge >= 0.3 is 0 Å². The fourth-order valence-electron chi connectivity index (χ4n) is 1.94. The Morgan fingerprint density at radius 3 is 2.67 bits per heavy atom. The van der Waals surface area contributed by atoms with Crippen LogP contribution in [0.3, 0.4) is 0 Å². The van der Waals surface area contributed by atoms with Crippen molar-refractivity contribution in [2.24, 2.45) is 0 Å². The molecule has 8 nitrogen and oxygen atoms in total. The standard InChI is InChI=1S/C15H21ClN4O4/c1-21-7-9-23-6-4-3-5-20-13-12(11-17-20)18-15(16)19-14(13)24-10-8-22-2/h3-4,11H,5-10H2,1-2H3. The van der Waals surface area contributed by atoms with E-state index in [2.05, 4.69) is 15.1 Å². The van der Waals surface area contributed by atoms with E-state index in [-0.39, 0.29) is 5.28 Å². The molecule has 0 aliphatic rings. The topological polar surface area (TPSA) is 80.5 Å². The number of fused-ring (bicyclic) bond motifs is 1. The van der Waals surface area contributed by atoms with Gasteiger partial charge in [-0.3, -0.25) is 4.68 Å². The molecular weight excluding hydrogens is 336 g/mol. The maximum atomic E-state index is 5.92. The molecular formula is C15H21ClN4O4. The van der Waals surface area contributed by atoms with Crippen LogP contribution in [-0.2, 0) is 20.8 Å². The lowest BCUT2D eigenvalue weighted by Gasteiger charge is -2.08. The van der Waals surface area contributed by atoms with Gasteiger partial charge < -0.3 is 18.9 Å². The van der Waals surface area contributed by atoms with Gasteiger partial charge in [-0.25, -0.2) is 4.98 Å². The van der Waals surface area contributed by atoms with Crippen molar-refractivity contribution in [2.75, 3.05) is 47.3 Å². The molecule has 2 rings (SSSR count). The zero-order chi connectivity index (χ0) is 17.2. The summed E-state index contributed by atoms with van der Waals surface area (Å²) in [6.07, 6.45) is 5.51. The van der Waals surface area contributed by atoms with Crippen LogP contribution in [0.5, 0.6) is 5.88 Å². The number of halogens is 1. The largest absolute Gasteiger partial charge is 0.474 e. The van der Waals surface area contributed by atoms with Gasteiger partial charge in [-0.05, 0) is 11.6 Å². The highest BCUT2D eigenvalue weighted by Gasteiger charge is 2.13. The zero-order valence-electron chi connectivity index (χ0n) is 13.8. The third-order valence-electron chi connectivity index (χ3n) is 3.05. The monoisotopic (exact) mass is 356 g/mol. The van der Waals surface area contributed by atoms with Crippen molar-refractivity contribution < 1.29 is 18.9 Å². The maximum Gasteiger partial charge on any atom is 0.244 e. The van der Waals surface area contributed by atoms with E-state index in [1.54, 1.807) is 25.1 Å². The van der Waals surface area contributed by atoms with E-state index in [1.807, 2.05) is 12.2 Å². The van der Waals surface area contributed by atoms with Gasteiger partial charge in [0.25, 0.3) is 0 Å². The number of rotatable bonds is 11. The second-order valence-electron chi connectivity index (χ2n) is 4.74. The van der Waals surface area contributed by atoms with E-state index in [0.29, 0.717) is 56.5 Å². The second-order valence-corrected chi connectivity index (χ2v) is 5.08. The van der Waals surface area contributed by atoms with Crippen LogP contribution in [0.1, 0.15) is 0 Å². The molecule has 0 fully saturated rings. The highest BCUT2D eigenvalue weighted by Crippen LogP contribution is 2.24. The fourth-order valence-corrected chi connectivity index (χ4v) is 2.10. The summed E-state index contributed by atoms with van der Waals surface area (Å²) in [7, 11) is 3.25. The number of hydrogen-bond acceptors (Lipinski definition) is 7. The molecule has 0 aliphatic heterocycles. The van der Waals surface area contributed by atoms with Crippen molar-refractivity contribution in [3.8, 4) is 5.88 Å². The van der Waals surface area contributed by atoms with Crippen LogP contribution >= 0.6 is 11.6 Å². The van der Waals surface area contributed by atoms with Crippen molar-refractivity contribution in [3.63, 3.8) is 0 Å². The molecule has 9 heteroatoms. The van der Waals surface area contributed by atoms with Crippen LogP contribution in [0.25, 0.3) is 11.0 Å². The third-order valence-corrected chi connectivity index (χ3v) is 3.22. The normalized spacial score (nSPS) is 11.6. The predicted octanol–water partition coefficient (Wildman–Crippen LogP) is 1.72. The van der Waals surface area contributed by atoms with Crippen LogP contribution in [0.2, 0.25) is 5.28 Å². The molecule has 0 bridgehead atoms. The minimum Gasteiger partial charge on any atom is -0.474 e. The van der Waals surface area contributed by atoms with Crippen molar-refractivity contribution in [1.29, 1.82) is 0 Å². The maximum absolute atomic E-state index is 5.92. The van der Waals surface area contributed by atoms with Gasteiger partial charge in [0.15, 0.2) is 0 Å². The summed E-state index contributed by atoms with van der Waals surface area (Å²) in [4.78, 5) is 8.30. The molecule has 0 atom stereocenters. The predicted molar refractivity (Wildman–Crippen MR) is 89.5 cm³/mol. The van der Waals surface area contributed by atoms with Gasteiger partial charge in [0.2, 0.25) is 11.2 Å². The molecule has 0 aliphatic carbocycles. The lowest BCUT2D eigenvalue weighted by molar-refractivity contribution is 0.0852. The summed E-state index contributed by atoms with van der Waals surface area (Å²) in [5, 5.41) is 4.43. The first kappa shape index (κ1) is 18.6. The van der Waals surface area contributed by atoms with Gasteiger partial charge in [0.1, 0.15) is 17.6 Å². The summed E-state index contributed by atoms with van der Waals surface area (Å²) in [5.74, 6) is 0.393. The van der Waals surface area contributed by atoms with Crippen molar-refractivity contribution >= 4 is 22.6 Å². The van der Waals surface area contributed by atoms with Crippen LogP contribution < -0.4 is 4.74 Å². The molecule has 2 aromatic heterocycles. The molecule has 0 N–H and O–H groups in total. The lowest BCUT2D eigenvalue weighted by Crippen LogP contribution is -2.08. The van der Waals surface area contributed by atoms with E-state index >= 15 is 0 Å². The van der Waals surface area contributed by atoms with Crippen LogP contribution in [0.15, 0.2) is 18.3 Å². The quantitative estimate of drug-likeness (QED) is 0.344. The average Bonchev–Trinajstić information content (AvgIpc) is 2.97. The number of ether oxygens (including phenoxy) is 4. The molecule has 0 aromatic carbocycles. The number of aromatic nitrogens is 4. The molecule has 0 saturated heterocycles. The Labute approximate surface area is 145 Å². The molecule has 0 saturated carbocycles. The number of allylic oxidation sites excluding steroid dienone is 1. The van der Waals surface area contributed by atoms with Crippen molar-refractivity contribution in [1.82, 2.24) is 19.7 Å². The van der Waals surface area contributed by atoms with Crippen LogP contribution in [-0.4, -0.2) is 67.0 Å². The Hall–Kier alpha value is -1.74. The van der Waals surface area contributed by atoms with E-state index in [1.165, 1.54) is 0 Å². The first-order valence-electron chi connectivity index (χ1n) is 7.48. The summed E-state index contributed by atoms with van der Waals surface area (Å²) in [6.45, 7) is 3.03. The lowest BCUT2D eigenvalue weighted by atomic mass is 10.4. The van der Waals surface area contributed by atoms with Crippen LogP contribution in [0, 0.1) is 0 Å². The van der Waals surface area contributed by atoms with Crippen molar-refractivity contribution in [2.45, 2.75) is 6.54 Å². The summed E-state index contributed by atoms with van der Waals surface area (Å²) in [6, 6.07) is 0. The van der Waals surface area contributed by atoms with Crippen LogP contribution in [0.4, 0.5) is 0 Å². The Balaban J connectivity index is 2.03. The molecule has 24 heavy (non-hydrogen) atoms. The molecule has 0 radical (unpaired) electrons. The minimum atomic E-state index is 0.122. The summed E-state index contributed by atoms with van der Waals surface area (Å²) in [5.41, 5.74) is 1.33. The smallest absolute Gasteiger partial charge is 0.244 e. The summed E-state index contributed by atoms with van der Waals surface area (Å²) >= 11 is 5.92.